The van der Waals surface area contributed by atoms with Crippen LogP contribution in [-0.2, 0) is 0 Å². The maximum atomic E-state index is 6.13. The minimum Gasteiger partial charge on any atom is -0.393 e. The summed E-state index contributed by atoms with van der Waals surface area (Å²) in [4.78, 5) is 18.0. The van der Waals surface area contributed by atoms with Gasteiger partial charge >= 0.3 is 0 Å². The first-order valence-corrected chi connectivity index (χ1v) is 7.92. The van der Waals surface area contributed by atoms with Crippen LogP contribution >= 0.6 is 22.9 Å². The topological polar surface area (TPSA) is 102 Å². The summed E-state index contributed by atoms with van der Waals surface area (Å²) in [6.07, 6.45) is 2.96. The van der Waals surface area contributed by atoms with E-state index in [1.165, 1.54) is 6.33 Å². The van der Waals surface area contributed by atoms with Gasteiger partial charge in [0.05, 0.1) is 10.7 Å². The van der Waals surface area contributed by atoms with Crippen molar-refractivity contribution in [3.8, 4) is 0 Å². The first-order valence-electron chi connectivity index (χ1n) is 6.73. The fourth-order valence-electron chi connectivity index (χ4n) is 1.79. The van der Waals surface area contributed by atoms with Crippen LogP contribution in [0, 0.1) is 13.8 Å². The van der Waals surface area contributed by atoms with E-state index in [4.69, 9.17) is 17.3 Å². The van der Waals surface area contributed by atoms with Gasteiger partial charge in [0.2, 0.25) is 0 Å². The number of rotatable bonds is 4. The molecule has 7 nitrogen and oxygen atoms in total. The number of nitrogens with two attached hydrogens (primary N) is 1. The lowest BCUT2D eigenvalue weighted by Crippen LogP contribution is -2.05. The fourth-order valence-corrected chi connectivity index (χ4v) is 2.72. The van der Waals surface area contributed by atoms with Crippen LogP contribution in [0.4, 0.5) is 28.3 Å². The van der Waals surface area contributed by atoms with E-state index in [0.29, 0.717) is 28.2 Å². The normalized spacial score (nSPS) is 10.6. The van der Waals surface area contributed by atoms with Gasteiger partial charge in [-0.1, -0.05) is 11.6 Å². The Morgan fingerprint density at radius 1 is 1.09 bits per heavy atom. The Kier molecular flexibility index (Phi) is 4.26. The molecule has 3 aromatic rings. The Balaban J connectivity index is 1.84. The molecule has 0 radical (unpaired) electrons. The third-order valence-corrected chi connectivity index (χ3v) is 4.32. The zero-order valence-corrected chi connectivity index (χ0v) is 14.0. The van der Waals surface area contributed by atoms with Crippen molar-refractivity contribution >= 4 is 51.2 Å². The van der Waals surface area contributed by atoms with Gasteiger partial charge in [-0.15, -0.1) is 11.3 Å². The lowest BCUT2D eigenvalue weighted by molar-refractivity contribution is 1.15. The third-order valence-electron chi connectivity index (χ3n) is 3.11. The first kappa shape index (κ1) is 15.4. The number of anilines is 5. The van der Waals surface area contributed by atoms with E-state index in [1.807, 2.05) is 13.8 Å². The number of thiazole rings is 1. The predicted octanol–water partition coefficient (Wildman–Crippen LogP) is 3.67. The Bertz CT molecular complexity index is 812. The SMILES string of the molecule is Cc1nc(Nc2ncnc(Nc3ccc(Cl)cn3)c2N)sc1C. The van der Waals surface area contributed by atoms with E-state index in [9.17, 15) is 0 Å². The smallest absolute Gasteiger partial charge is 0.188 e. The summed E-state index contributed by atoms with van der Waals surface area (Å²) in [6, 6.07) is 3.47. The molecule has 23 heavy (non-hydrogen) atoms. The van der Waals surface area contributed by atoms with Crippen molar-refractivity contribution < 1.29 is 0 Å². The highest BCUT2D eigenvalue weighted by Gasteiger charge is 2.11. The molecule has 0 saturated carbocycles. The van der Waals surface area contributed by atoms with Gasteiger partial charge in [-0.05, 0) is 26.0 Å². The molecule has 0 saturated heterocycles. The van der Waals surface area contributed by atoms with E-state index in [1.54, 1.807) is 29.7 Å². The molecule has 0 aliphatic heterocycles. The molecule has 0 fully saturated rings. The highest BCUT2D eigenvalue weighted by Crippen LogP contribution is 2.30. The van der Waals surface area contributed by atoms with Gasteiger partial charge in [-0.3, -0.25) is 0 Å². The van der Waals surface area contributed by atoms with Crippen LogP contribution < -0.4 is 16.4 Å². The van der Waals surface area contributed by atoms with Gasteiger partial charge < -0.3 is 16.4 Å². The molecule has 3 aromatic heterocycles. The van der Waals surface area contributed by atoms with Crippen LogP contribution in [0.3, 0.4) is 0 Å². The van der Waals surface area contributed by atoms with Crippen LogP contribution in [0.1, 0.15) is 10.6 Å². The highest BCUT2D eigenvalue weighted by atomic mass is 35.5. The molecule has 0 aromatic carbocycles. The molecule has 0 bridgehead atoms. The summed E-state index contributed by atoms with van der Waals surface area (Å²) in [5.74, 6) is 1.54. The second-order valence-corrected chi connectivity index (χ2v) is 6.40. The van der Waals surface area contributed by atoms with E-state index in [2.05, 4.69) is 30.6 Å². The molecule has 9 heteroatoms. The molecule has 0 spiro atoms. The monoisotopic (exact) mass is 347 g/mol. The molecule has 4 N–H and O–H groups in total. The minimum absolute atomic E-state index is 0.384. The molecule has 0 aliphatic carbocycles. The zero-order valence-electron chi connectivity index (χ0n) is 12.5. The Morgan fingerprint density at radius 3 is 2.43 bits per heavy atom. The Labute approximate surface area is 142 Å². The van der Waals surface area contributed by atoms with Gasteiger partial charge in [0.15, 0.2) is 16.8 Å². The van der Waals surface area contributed by atoms with Gasteiger partial charge in [-0.25, -0.2) is 19.9 Å². The summed E-state index contributed by atoms with van der Waals surface area (Å²) in [6.45, 7) is 3.97. The maximum absolute atomic E-state index is 6.13. The number of halogens is 1. The maximum Gasteiger partial charge on any atom is 0.188 e. The van der Waals surface area contributed by atoms with Crippen molar-refractivity contribution in [1.82, 2.24) is 19.9 Å². The van der Waals surface area contributed by atoms with Crippen molar-refractivity contribution in [2.45, 2.75) is 13.8 Å². The molecule has 0 aliphatic rings. The van der Waals surface area contributed by atoms with E-state index in [-0.39, 0.29) is 0 Å². The van der Waals surface area contributed by atoms with Crippen molar-refractivity contribution in [2.24, 2.45) is 0 Å². The second-order valence-electron chi connectivity index (χ2n) is 4.76. The van der Waals surface area contributed by atoms with Crippen molar-refractivity contribution in [2.75, 3.05) is 16.4 Å². The van der Waals surface area contributed by atoms with Gasteiger partial charge in [0.25, 0.3) is 0 Å². The number of nitrogens with one attached hydrogen (secondary N) is 2. The van der Waals surface area contributed by atoms with Gasteiger partial charge in [-0.2, -0.15) is 0 Å². The molecular weight excluding hydrogens is 334 g/mol. The summed E-state index contributed by atoms with van der Waals surface area (Å²) in [5.41, 5.74) is 7.49. The van der Waals surface area contributed by atoms with Crippen LogP contribution in [0.25, 0.3) is 0 Å². The Morgan fingerprint density at radius 2 is 1.83 bits per heavy atom. The van der Waals surface area contributed by atoms with Crippen LogP contribution in [-0.4, -0.2) is 19.9 Å². The standard InChI is InChI=1S/C14H14ClN7S/c1-7-8(2)23-14(20-7)22-13-11(16)12(18-6-19-13)21-10-4-3-9(15)5-17-10/h3-6H,16H2,1-2H3,(H2,17,18,19,20,21,22). The lowest BCUT2D eigenvalue weighted by atomic mass is 10.4. The summed E-state index contributed by atoms with van der Waals surface area (Å²) >= 11 is 7.36. The first-order chi connectivity index (χ1) is 11.0. The van der Waals surface area contributed by atoms with E-state index < -0.39 is 0 Å². The number of pyridine rings is 1. The van der Waals surface area contributed by atoms with Gasteiger partial charge in [0.1, 0.15) is 17.8 Å². The minimum atomic E-state index is 0.384. The molecule has 3 rings (SSSR count). The van der Waals surface area contributed by atoms with Crippen LogP contribution in [0.15, 0.2) is 24.7 Å². The zero-order chi connectivity index (χ0) is 16.4. The molecule has 0 amide bonds. The van der Waals surface area contributed by atoms with Gasteiger partial charge in [0, 0.05) is 11.1 Å². The molecule has 3 heterocycles. The molecule has 118 valence electrons. The molecule has 0 atom stereocenters. The summed E-state index contributed by atoms with van der Waals surface area (Å²) < 4.78 is 0. The number of hydrogen-bond donors (Lipinski definition) is 3. The number of nitrogens with zero attached hydrogens (tertiary/aromatic N) is 4. The van der Waals surface area contributed by atoms with Crippen molar-refractivity contribution in [3.05, 3.63) is 40.3 Å². The number of nitrogen functional groups attached to an aromatic ring is 1. The lowest BCUT2D eigenvalue weighted by Gasteiger charge is -2.10. The van der Waals surface area contributed by atoms with E-state index >= 15 is 0 Å². The summed E-state index contributed by atoms with van der Waals surface area (Å²) in [5, 5.41) is 7.45. The third kappa shape index (κ3) is 3.49. The number of aryl methyl sites for hydroxylation is 2. The van der Waals surface area contributed by atoms with E-state index in [0.717, 1.165) is 15.7 Å². The predicted molar refractivity (Wildman–Crippen MR) is 93.8 cm³/mol. The van der Waals surface area contributed by atoms with Crippen LogP contribution in [0.5, 0.6) is 0 Å². The molecular formula is C14H14ClN7S. The Hall–Kier alpha value is -2.45. The second kappa shape index (κ2) is 6.35. The van der Waals surface area contributed by atoms with Crippen molar-refractivity contribution in [3.63, 3.8) is 0 Å². The number of hydrogen-bond acceptors (Lipinski definition) is 8. The average Bonchev–Trinajstić information content (AvgIpc) is 2.84. The van der Waals surface area contributed by atoms with Crippen molar-refractivity contribution in [1.29, 1.82) is 0 Å². The largest absolute Gasteiger partial charge is 0.393 e. The highest BCUT2D eigenvalue weighted by molar-refractivity contribution is 7.15. The molecule has 0 unspecified atom stereocenters. The average molecular weight is 348 g/mol. The summed E-state index contributed by atoms with van der Waals surface area (Å²) in [7, 11) is 0. The van der Waals surface area contributed by atoms with Crippen LogP contribution in [0.2, 0.25) is 5.02 Å². The fraction of sp³-hybridized carbons (Fsp3) is 0.143. The number of aromatic nitrogens is 4. The quantitative estimate of drug-likeness (QED) is 0.661.